The lowest BCUT2D eigenvalue weighted by Gasteiger charge is -2.11. The molecular weight excluding hydrogens is 330 g/mol. The Balaban J connectivity index is 1.61. The number of rotatable bonds is 5. The summed E-state index contributed by atoms with van der Waals surface area (Å²) >= 11 is 0. The SMILES string of the molecule is O=C(N/N=C/c1ccc(O)cc1)Nc1ccccc1Oc1ccccc1. The number of phenolic OH excluding ortho intramolecular Hbond substituents is 1. The van der Waals surface area contributed by atoms with Gasteiger partial charge in [-0.25, -0.2) is 10.2 Å². The first kappa shape index (κ1) is 17.0. The van der Waals surface area contributed by atoms with E-state index >= 15 is 0 Å². The third-order valence-corrected chi connectivity index (χ3v) is 3.38. The summed E-state index contributed by atoms with van der Waals surface area (Å²) in [7, 11) is 0. The smallest absolute Gasteiger partial charge is 0.339 e. The maximum Gasteiger partial charge on any atom is 0.339 e. The zero-order chi connectivity index (χ0) is 18.2. The monoisotopic (exact) mass is 347 g/mol. The van der Waals surface area contributed by atoms with E-state index in [0.29, 0.717) is 17.2 Å². The molecule has 26 heavy (non-hydrogen) atoms. The summed E-state index contributed by atoms with van der Waals surface area (Å²) in [5.74, 6) is 1.37. The van der Waals surface area contributed by atoms with E-state index < -0.39 is 6.03 Å². The van der Waals surface area contributed by atoms with Gasteiger partial charge in [-0.1, -0.05) is 30.3 Å². The van der Waals surface area contributed by atoms with Crippen LogP contribution in [0.4, 0.5) is 10.5 Å². The minimum absolute atomic E-state index is 0.169. The van der Waals surface area contributed by atoms with Crippen molar-refractivity contribution in [3.8, 4) is 17.2 Å². The van der Waals surface area contributed by atoms with Crippen LogP contribution in [0.3, 0.4) is 0 Å². The lowest BCUT2D eigenvalue weighted by atomic mass is 10.2. The van der Waals surface area contributed by atoms with Gasteiger partial charge in [0.25, 0.3) is 0 Å². The van der Waals surface area contributed by atoms with E-state index in [1.165, 1.54) is 6.21 Å². The number of aromatic hydroxyl groups is 1. The van der Waals surface area contributed by atoms with Crippen LogP contribution >= 0.6 is 0 Å². The second-order valence-electron chi connectivity index (χ2n) is 5.33. The first-order chi connectivity index (χ1) is 12.7. The van der Waals surface area contributed by atoms with Crippen molar-refractivity contribution in [2.45, 2.75) is 0 Å². The number of phenols is 1. The maximum atomic E-state index is 12.0. The first-order valence-electron chi connectivity index (χ1n) is 7.92. The molecule has 130 valence electrons. The Labute approximate surface area is 150 Å². The van der Waals surface area contributed by atoms with E-state index in [1.54, 1.807) is 42.5 Å². The normalized spacial score (nSPS) is 10.5. The highest BCUT2D eigenvalue weighted by Gasteiger charge is 2.07. The molecule has 0 unspecified atom stereocenters. The average Bonchev–Trinajstić information content (AvgIpc) is 2.66. The molecule has 0 saturated heterocycles. The Morgan fingerprint density at radius 2 is 1.62 bits per heavy atom. The van der Waals surface area contributed by atoms with Crippen LogP contribution in [0.25, 0.3) is 0 Å². The molecular formula is C20H17N3O3. The Morgan fingerprint density at radius 1 is 0.923 bits per heavy atom. The molecule has 2 amide bonds. The number of hydrogen-bond donors (Lipinski definition) is 3. The zero-order valence-corrected chi connectivity index (χ0v) is 13.8. The molecule has 0 heterocycles. The molecule has 3 aromatic rings. The van der Waals surface area contributed by atoms with Crippen molar-refractivity contribution < 1.29 is 14.6 Å². The maximum absolute atomic E-state index is 12.0. The molecule has 0 aliphatic carbocycles. The third-order valence-electron chi connectivity index (χ3n) is 3.38. The summed E-state index contributed by atoms with van der Waals surface area (Å²) in [6, 6.07) is 22.4. The topological polar surface area (TPSA) is 83.0 Å². The fourth-order valence-corrected chi connectivity index (χ4v) is 2.15. The number of nitrogens with zero attached hydrogens (tertiary/aromatic N) is 1. The minimum Gasteiger partial charge on any atom is -0.508 e. The number of ether oxygens (including phenoxy) is 1. The van der Waals surface area contributed by atoms with E-state index in [0.717, 1.165) is 5.56 Å². The number of hydrogen-bond acceptors (Lipinski definition) is 4. The molecule has 3 N–H and O–H groups in total. The number of para-hydroxylation sites is 3. The molecule has 0 saturated carbocycles. The second-order valence-corrected chi connectivity index (χ2v) is 5.33. The van der Waals surface area contributed by atoms with Gasteiger partial charge >= 0.3 is 6.03 Å². The van der Waals surface area contributed by atoms with Crippen LogP contribution in [-0.4, -0.2) is 17.4 Å². The summed E-state index contributed by atoms with van der Waals surface area (Å²) in [6.07, 6.45) is 1.48. The molecule has 0 bridgehead atoms. The quantitative estimate of drug-likeness (QED) is 0.474. The minimum atomic E-state index is -0.496. The summed E-state index contributed by atoms with van der Waals surface area (Å²) in [5.41, 5.74) is 3.65. The fourth-order valence-electron chi connectivity index (χ4n) is 2.15. The number of hydrazone groups is 1. The van der Waals surface area contributed by atoms with E-state index in [1.807, 2.05) is 36.4 Å². The second kappa shape index (κ2) is 8.34. The predicted molar refractivity (Wildman–Crippen MR) is 101 cm³/mol. The van der Waals surface area contributed by atoms with Crippen molar-refractivity contribution in [1.82, 2.24) is 5.43 Å². The van der Waals surface area contributed by atoms with Crippen LogP contribution < -0.4 is 15.5 Å². The van der Waals surface area contributed by atoms with Gasteiger partial charge in [-0.05, 0) is 54.1 Å². The number of anilines is 1. The van der Waals surface area contributed by atoms with Crippen molar-refractivity contribution >= 4 is 17.9 Å². The van der Waals surface area contributed by atoms with Gasteiger partial charge in [0.15, 0.2) is 5.75 Å². The van der Waals surface area contributed by atoms with E-state index in [4.69, 9.17) is 4.74 Å². The van der Waals surface area contributed by atoms with E-state index in [2.05, 4.69) is 15.8 Å². The zero-order valence-electron chi connectivity index (χ0n) is 13.8. The molecule has 0 atom stereocenters. The van der Waals surface area contributed by atoms with E-state index in [9.17, 15) is 9.90 Å². The highest BCUT2D eigenvalue weighted by molar-refractivity contribution is 5.91. The van der Waals surface area contributed by atoms with Crippen molar-refractivity contribution in [2.75, 3.05) is 5.32 Å². The number of carbonyl (C=O) groups is 1. The van der Waals surface area contributed by atoms with Gasteiger partial charge in [0.2, 0.25) is 0 Å². The van der Waals surface area contributed by atoms with Crippen LogP contribution in [0.2, 0.25) is 0 Å². The van der Waals surface area contributed by atoms with Gasteiger partial charge < -0.3 is 15.2 Å². The fraction of sp³-hybridized carbons (Fsp3) is 0. The number of urea groups is 1. The molecule has 0 aliphatic rings. The number of benzene rings is 3. The number of carbonyl (C=O) groups excluding carboxylic acids is 1. The number of nitrogens with one attached hydrogen (secondary N) is 2. The highest BCUT2D eigenvalue weighted by Crippen LogP contribution is 2.28. The van der Waals surface area contributed by atoms with Crippen molar-refractivity contribution in [3.63, 3.8) is 0 Å². The lowest BCUT2D eigenvalue weighted by molar-refractivity contribution is 0.252. The molecule has 0 radical (unpaired) electrons. The Bertz CT molecular complexity index is 894. The lowest BCUT2D eigenvalue weighted by Crippen LogP contribution is -2.24. The van der Waals surface area contributed by atoms with Gasteiger partial charge in [0, 0.05) is 0 Å². The molecule has 6 heteroatoms. The Morgan fingerprint density at radius 3 is 2.38 bits per heavy atom. The molecule has 0 aromatic heterocycles. The highest BCUT2D eigenvalue weighted by atomic mass is 16.5. The van der Waals surface area contributed by atoms with Crippen LogP contribution in [-0.2, 0) is 0 Å². The predicted octanol–water partition coefficient (Wildman–Crippen LogP) is 4.34. The number of amides is 2. The third kappa shape index (κ3) is 4.85. The van der Waals surface area contributed by atoms with Crippen LogP contribution in [0.1, 0.15) is 5.56 Å². The molecule has 0 aliphatic heterocycles. The van der Waals surface area contributed by atoms with Crippen LogP contribution in [0.15, 0.2) is 84.0 Å². The summed E-state index contributed by atoms with van der Waals surface area (Å²) in [6.45, 7) is 0. The van der Waals surface area contributed by atoms with Crippen molar-refractivity contribution in [3.05, 3.63) is 84.4 Å². The van der Waals surface area contributed by atoms with Gasteiger partial charge in [0.05, 0.1) is 11.9 Å². The molecule has 3 rings (SSSR count). The van der Waals surface area contributed by atoms with Crippen molar-refractivity contribution in [2.24, 2.45) is 5.10 Å². The molecule has 0 fully saturated rings. The largest absolute Gasteiger partial charge is 0.508 e. The van der Waals surface area contributed by atoms with Gasteiger partial charge in [0.1, 0.15) is 11.5 Å². The van der Waals surface area contributed by atoms with Crippen LogP contribution in [0.5, 0.6) is 17.2 Å². The first-order valence-corrected chi connectivity index (χ1v) is 7.92. The molecule has 6 nitrogen and oxygen atoms in total. The van der Waals surface area contributed by atoms with Gasteiger partial charge in [-0.3, -0.25) is 0 Å². The van der Waals surface area contributed by atoms with E-state index in [-0.39, 0.29) is 5.75 Å². The standard InChI is InChI=1S/C20H17N3O3/c24-16-12-10-15(11-13-16)14-21-23-20(25)22-18-8-4-5-9-19(18)26-17-6-2-1-3-7-17/h1-14,24H,(H2,22,23,25)/b21-14+. The molecule has 3 aromatic carbocycles. The van der Waals surface area contributed by atoms with Crippen molar-refractivity contribution in [1.29, 1.82) is 0 Å². The van der Waals surface area contributed by atoms with Crippen LogP contribution in [0, 0.1) is 0 Å². The average molecular weight is 347 g/mol. The summed E-state index contributed by atoms with van der Waals surface area (Å²) < 4.78 is 5.79. The Kier molecular flexibility index (Phi) is 5.47. The summed E-state index contributed by atoms with van der Waals surface area (Å²) in [5, 5.41) is 15.8. The summed E-state index contributed by atoms with van der Waals surface area (Å²) in [4.78, 5) is 12.0. The Hall–Kier alpha value is -3.80. The van der Waals surface area contributed by atoms with Gasteiger partial charge in [-0.2, -0.15) is 5.10 Å². The molecule has 0 spiro atoms. The van der Waals surface area contributed by atoms with Gasteiger partial charge in [-0.15, -0.1) is 0 Å².